The molecule has 1 aliphatic heterocycles. The van der Waals surface area contributed by atoms with E-state index in [1.54, 1.807) is 12.1 Å². The fourth-order valence-electron chi connectivity index (χ4n) is 1.86. The molecular weight excluding hydrogens is 248 g/mol. The number of carbonyl (C=O) groups is 3. The number of aryl methyl sites for hydroxylation is 1. The van der Waals surface area contributed by atoms with Crippen LogP contribution in [0.4, 0.5) is 0 Å². The normalized spacial score (nSPS) is 18.2. The number of ether oxygens (including phenoxy) is 1. The van der Waals surface area contributed by atoms with Gasteiger partial charge in [0, 0.05) is 13.9 Å². The van der Waals surface area contributed by atoms with Gasteiger partial charge in [-0.3, -0.25) is 14.4 Å². The lowest BCUT2D eigenvalue weighted by atomic mass is 9.93. The third kappa shape index (κ3) is 3.07. The van der Waals surface area contributed by atoms with Crippen LogP contribution in [-0.4, -0.2) is 22.6 Å². The third-order valence-electron chi connectivity index (χ3n) is 2.83. The van der Waals surface area contributed by atoms with Crippen molar-refractivity contribution < 1.29 is 25.7 Å². The molecule has 1 atom stereocenters. The number of Topliss-reactive ketones (excluding diaryl/α,β-unsaturated/α-hetero) is 1. The van der Waals surface area contributed by atoms with E-state index in [-0.39, 0.29) is 13.6 Å². The van der Waals surface area contributed by atoms with Gasteiger partial charge in [-0.15, -0.1) is 0 Å². The first-order valence-corrected chi connectivity index (χ1v) is 5.79. The van der Waals surface area contributed by atoms with Gasteiger partial charge in [0.2, 0.25) is 0 Å². The molecule has 19 heavy (non-hydrogen) atoms. The first kappa shape index (κ1) is 13.0. The Morgan fingerprint density at radius 2 is 2.16 bits per heavy atom. The molecule has 1 aliphatic rings. The number of ketones is 2. The van der Waals surface area contributed by atoms with Crippen molar-refractivity contribution in [2.24, 2.45) is 5.92 Å². The predicted molar refractivity (Wildman–Crippen MR) is 67.3 cm³/mol. The van der Waals surface area contributed by atoms with E-state index in [2.05, 4.69) is 4.74 Å². The average Bonchev–Trinajstić information content (AvgIpc) is 2.36. The monoisotopic (exact) mass is 262 g/mol. The number of cyclic esters (lactones) is 1. The maximum Gasteiger partial charge on any atom is 0.329 e. The maximum atomic E-state index is 11.9. The Morgan fingerprint density at radius 3 is 2.84 bits per heavy atom. The second-order valence-electron chi connectivity index (χ2n) is 4.21. The second-order valence-corrected chi connectivity index (χ2v) is 4.21. The lowest BCUT2D eigenvalue weighted by Gasteiger charge is -2.13. The zero-order valence-electron chi connectivity index (χ0n) is 10.0. The van der Waals surface area contributed by atoms with Crippen LogP contribution in [0, 0.1) is 5.92 Å². The molecule has 0 aromatic heterocycles. The molecule has 1 unspecified atom stereocenters. The highest BCUT2D eigenvalue weighted by Gasteiger charge is 2.35. The van der Waals surface area contributed by atoms with Crippen LogP contribution in [0.3, 0.4) is 0 Å². The van der Waals surface area contributed by atoms with Crippen molar-refractivity contribution in [3.63, 3.8) is 0 Å². The van der Waals surface area contributed by atoms with E-state index in [1.807, 2.05) is 0 Å². The van der Waals surface area contributed by atoms with Gasteiger partial charge < -0.3 is 9.84 Å². The van der Waals surface area contributed by atoms with E-state index in [9.17, 15) is 19.5 Å². The molecule has 100 valence electrons. The smallest absolute Gasteiger partial charge is 0.329 e. The van der Waals surface area contributed by atoms with Crippen molar-refractivity contribution in [3.8, 4) is 5.75 Å². The van der Waals surface area contributed by atoms with Crippen LogP contribution in [0.15, 0.2) is 36.6 Å². The van der Waals surface area contributed by atoms with Crippen LogP contribution < -0.4 is 0 Å². The van der Waals surface area contributed by atoms with Gasteiger partial charge in [-0.1, -0.05) is 12.1 Å². The van der Waals surface area contributed by atoms with Gasteiger partial charge in [0.15, 0.2) is 17.5 Å². The number of phenolic OH excluding ortho intramolecular Hbond substituents is 1. The minimum Gasteiger partial charge on any atom is -0.508 e. The molecule has 1 N–H and O–H groups in total. The van der Waals surface area contributed by atoms with E-state index in [1.165, 1.54) is 12.1 Å². The molecule has 0 aliphatic carbocycles. The third-order valence-corrected chi connectivity index (χ3v) is 2.83. The van der Waals surface area contributed by atoms with Gasteiger partial charge in [0.1, 0.15) is 5.75 Å². The van der Waals surface area contributed by atoms with Gasteiger partial charge in [0.05, 0.1) is 6.26 Å². The molecular formula is C14H14O5. The first-order valence-electron chi connectivity index (χ1n) is 5.79. The zero-order valence-corrected chi connectivity index (χ0v) is 10.0. The summed E-state index contributed by atoms with van der Waals surface area (Å²) >= 11 is 0. The second kappa shape index (κ2) is 5.48. The Balaban J connectivity index is 0.00000200. The summed E-state index contributed by atoms with van der Waals surface area (Å²) in [5.41, 5.74) is 0.764. The highest BCUT2D eigenvalue weighted by Crippen LogP contribution is 2.16. The number of hydrogen-bond donors (Lipinski definition) is 1. The van der Waals surface area contributed by atoms with Crippen LogP contribution >= 0.6 is 0 Å². The van der Waals surface area contributed by atoms with E-state index < -0.39 is 23.5 Å². The fraction of sp³-hybridized carbons (Fsp3) is 0.214. The number of benzene rings is 1. The molecule has 1 aromatic rings. The predicted octanol–water partition coefficient (Wildman–Crippen LogP) is 1.40. The van der Waals surface area contributed by atoms with Gasteiger partial charge in [-0.05, 0) is 24.1 Å². The Labute approximate surface area is 111 Å². The number of esters is 1. The van der Waals surface area contributed by atoms with E-state index in [4.69, 9.17) is 0 Å². The summed E-state index contributed by atoms with van der Waals surface area (Å²) in [7, 11) is 0. The molecule has 0 saturated carbocycles. The summed E-state index contributed by atoms with van der Waals surface area (Å²) in [6.45, 7) is 0. The molecule has 0 spiro atoms. The summed E-state index contributed by atoms with van der Waals surface area (Å²) in [4.78, 5) is 34.7. The minimum absolute atomic E-state index is 0. The van der Waals surface area contributed by atoms with Crippen LogP contribution in [0.5, 0.6) is 5.75 Å². The first-order chi connectivity index (χ1) is 9.08. The molecule has 0 fully saturated rings. The molecule has 5 heteroatoms. The van der Waals surface area contributed by atoms with Crippen molar-refractivity contribution in [2.75, 3.05) is 0 Å². The summed E-state index contributed by atoms with van der Waals surface area (Å²) in [6, 6.07) is 6.48. The number of phenols is 1. The largest absolute Gasteiger partial charge is 0.508 e. The molecule has 2 rings (SSSR count). The van der Waals surface area contributed by atoms with Crippen molar-refractivity contribution in [1.29, 1.82) is 0 Å². The Hall–Kier alpha value is -2.43. The molecule has 1 heterocycles. The summed E-state index contributed by atoms with van der Waals surface area (Å²) in [5, 5.41) is 9.29. The molecule has 1 aromatic carbocycles. The number of allylic oxidation sites excluding steroid dienone is 1. The highest BCUT2D eigenvalue weighted by molar-refractivity contribution is 6.21. The number of hydrogen-bond acceptors (Lipinski definition) is 5. The minimum atomic E-state index is -1.35. The highest BCUT2D eigenvalue weighted by atomic mass is 16.5. The Kier molecular flexibility index (Phi) is 3.75. The van der Waals surface area contributed by atoms with Crippen LogP contribution in [0.25, 0.3) is 0 Å². The molecule has 0 saturated heterocycles. The average molecular weight is 262 g/mol. The van der Waals surface area contributed by atoms with Crippen LogP contribution in [-0.2, 0) is 25.5 Å². The standard InChI is InChI=1S/C14H12O5.H2/c15-10-3-1-2-9(8-10)4-5-11(16)13-12(17)6-7-19-14(13)18;/h1-3,6-8,13,15H,4-5H2;1H. The van der Waals surface area contributed by atoms with Crippen molar-refractivity contribution in [1.82, 2.24) is 0 Å². The summed E-state index contributed by atoms with van der Waals surface area (Å²) in [6.07, 6.45) is 2.47. The van der Waals surface area contributed by atoms with Crippen molar-refractivity contribution >= 4 is 17.5 Å². The van der Waals surface area contributed by atoms with E-state index >= 15 is 0 Å². The lowest BCUT2D eigenvalue weighted by Crippen LogP contribution is -2.34. The molecule has 0 bridgehead atoms. The maximum absolute atomic E-state index is 11.9. The molecule has 5 nitrogen and oxygen atoms in total. The van der Waals surface area contributed by atoms with Crippen LogP contribution in [0.2, 0.25) is 0 Å². The van der Waals surface area contributed by atoms with Gasteiger partial charge in [-0.25, -0.2) is 0 Å². The Morgan fingerprint density at radius 1 is 1.37 bits per heavy atom. The van der Waals surface area contributed by atoms with Crippen molar-refractivity contribution in [3.05, 3.63) is 42.2 Å². The SMILES string of the molecule is O=C1C=COC(=O)C1C(=O)CCc1cccc(O)c1.[HH]. The summed E-state index contributed by atoms with van der Waals surface area (Å²) < 4.78 is 4.55. The van der Waals surface area contributed by atoms with Crippen LogP contribution in [0.1, 0.15) is 13.4 Å². The topological polar surface area (TPSA) is 80.7 Å². The fourth-order valence-corrected chi connectivity index (χ4v) is 1.86. The summed E-state index contributed by atoms with van der Waals surface area (Å²) in [5.74, 6) is -3.07. The zero-order chi connectivity index (χ0) is 13.8. The van der Waals surface area contributed by atoms with Gasteiger partial charge >= 0.3 is 5.97 Å². The Bertz CT molecular complexity index is 564. The van der Waals surface area contributed by atoms with Crippen molar-refractivity contribution in [2.45, 2.75) is 12.8 Å². The quantitative estimate of drug-likeness (QED) is 0.655. The number of aromatic hydroxyl groups is 1. The number of carbonyl (C=O) groups excluding carboxylic acids is 3. The lowest BCUT2D eigenvalue weighted by molar-refractivity contribution is -0.151. The number of rotatable bonds is 4. The van der Waals surface area contributed by atoms with E-state index in [0.29, 0.717) is 6.42 Å². The molecule has 0 radical (unpaired) electrons. The van der Waals surface area contributed by atoms with Gasteiger partial charge in [0.25, 0.3) is 0 Å². The molecule has 0 amide bonds. The van der Waals surface area contributed by atoms with Gasteiger partial charge in [-0.2, -0.15) is 0 Å². The van der Waals surface area contributed by atoms with E-state index in [0.717, 1.165) is 17.9 Å².